The van der Waals surface area contributed by atoms with Crippen molar-refractivity contribution in [1.82, 2.24) is 24.1 Å². The Morgan fingerprint density at radius 1 is 0.274 bits per heavy atom. The number of aromatic nitrogens is 5. The van der Waals surface area contributed by atoms with Crippen LogP contribution in [0.4, 0.5) is 0 Å². The van der Waals surface area contributed by atoms with Crippen molar-refractivity contribution in [3.8, 4) is 67.8 Å². The summed E-state index contributed by atoms with van der Waals surface area (Å²) in [5.41, 5.74) is 15.6. The fraction of sp³-hybridized carbons (Fsp3) is 0. The second kappa shape index (κ2) is 16.3. The van der Waals surface area contributed by atoms with Crippen molar-refractivity contribution in [2.24, 2.45) is 0 Å². The van der Waals surface area contributed by atoms with E-state index in [1.54, 1.807) is 0 Å². The minimum absolute atomic E-state index is 0.527. The highest BCUT2D eigenvalue weighted by Gasteiger charge is 2.25. The van der Waals surface area contributed by atoms with Gasteiger partial charge in [0.1, 0.15) is 11.2 Å². The maximum Gasteiger partial charge on any atom is 0.238 e. The molecule has 15 aromatic rings. The monoisotopic (exact) mass is 931 g/mol. The van der Waals surface area contributed by atoms with Crippen molar-refractivity contribution in [3.63, 3.8) is 0 Å². The van der Waals surface area contributed by atoms with Gasteiger partial charge in [-0.3, -0.25) is 4.57 Å². The minimum Gasteiger partial charge on any atom is -0.456 e. The lowest BCUT2D eigenvalue weighted by atomic mass is 9.98. The third-order valence-electron chi connectivity index (χ3n) is 14.6. The molecule has 0 aliphatic carbocycles. The molecule has 0 unspecified atom stereocenters. The Morgan fingerprint density at radius 2 is 0.767 bits per heavy atom. The topological polar surface area (TPSA) is 61.7 Å². The first-order valence-electron chi connectivity index (χ1n) is 24.7. The Labute approximate surface area is 419 Å². The lowest BCUT2D eigenvalue weighted by Crippen LogP contribution is -2.06. The number of hydrogen-bond donors (Lipinski definition) is 0. The maximum atomic E-state index is 6.42. The number of para-hydroxylation sites is 2. The van der Waals surface area contributed by atoms with Crippen LogP contribution in [-0.4, -0.2) is 24.1 Å². The van der Waals surface area contributed by atoms with Crippen molar-refractivity contribution in [2.75, 3.05) is 0 Å². The standard InChI is InChI=1S/C67H41N5O/c1-4-16-42(17-5-1)45-28-30-47(31-29-45)65-68-66(48-32-34-54-53-24-13-15-27-60(53)73-61(54)41-48)70-67(69-65)72-56-26-14-12-25-55(56)63-58(72)36-37-59-64(63)62-52-23-11-10-22-46(52)33-35-57(62)71(59)51-39-49(43-18-6-2-7-19-43)38-50(40-51)44-20-8-3-9-21-44/h1-41H. The van der Waals surface area contributed by atoms with E-state index in [0.717, 1.165) is 93.8 Å². The Balaban J connectivity index is 1.01. The summed E-state index contributed by atoms with van der Waals surface area (Å²) in [5, 5.41) is 9.11. The van der Waals surface area contributed by atoms with Crippen LogP contribution in [0.5, 0.6) is 0 Å². The molecule has 0 amide bonds. The van der Waals surface area contributed by atoms with Gasteiger partial charge in [0, 0.05) is 49.1 Å². The molecule has 4 aromatic heterocycles. The van der Waals surface area contributed by atoms with Crippen LogP contribution in [-0.2, 0) is 0 Å². The van der Waals surface area contributed by atoms with Crippen LogP contribution in [0.2, 0.25) is 0 Å². The largest absolute Gasteiger partial charge is 0.456 e. The number of nitrogens with zero attached hydrogens (tertiary/aromatic N) is 5. The average molecular weight is 932 g/mol. The van der Waals surface area contributed by atoms with Crippen molar-refractivity contribution in [1.29, 1.82) is 0 Å². The van der Waals surface area contributed by atoms with Gasteiger partial charge in [0.05, 0.1) is 22.1 Å². The molecule has 0 radical (unpaired) electrons. The molecule has 340 valence electrons. The van der Waals surface area contributed by atoms with Crippen molar-refractivity contribution < 1.29 is 4.42 Å². The summed E-state index contributed by atoms with van der Waals surface area (Å²) >= 11 is 0. The highest BCUT2D eigenvalue weighted by Crippen LogP contribution is 2.45. The molecular formula is C67H41N5O. The van der Waals surface area contributed by atoms with Gasteiger partial charge in [-0.25, -0.2) is 4.98 Å². The first-order valence-corrected chi connectivity index (χ1v) is 24.7. The average Bonchev–Trinajstić information content (AvgIpc) is 4.14. The van der Waals surface area contributed by atoms with Gasteiger partial charge in [-0.05, 0) is 105 Å². The van der Waals surface area contributed by atoms with E-state index >= 15 is 0 Å². The normalized spacial score (nSPS) is 11.8. The molecule has 0 bridgehead atoms. The third kappa shape index (κ3) is 6.62. The summed E-state index contributed by atoms with van der Waals surface area (Å²) in [7, 11) is 0. The summed E-state index contributed by atoms with van der Waals surface area (Å²) in [6.07, 6.45) is 0. The third-order valence-corrected chi connectivity index (χ3v) is 14.6. The summed E-state index contributed by atoms with van der Waals surface area (Å²) in [6.45, 7) is 0. The summed E-state index contributed by atoms with van der Waals surface area (Å²) < 4.78 is 11.1. The zero-order chi connectivity index (χ0) is 48.0. The van der Waals surface area contributed by atoms with Crippen molar-refractivity contribution in [3.05, 3.63) is 249 Å². The van der Waals surface area contributed by atoms with Gasteiger partial charge in [0.25, 0.3) is 0 Å². The van der Waals surface area contributed by atoms with Crippen LogP contribution in [0.3, 0.4) is 0 Å². The highest BCUT2D eigenvalue weighted by atomic mass is 16.3. The predicted octanol–water partition coefficient (Wildman–Crippen LogP) is 17.5. The van der Waals surface area contributed by atoms with Gasteiger partial charge in [-0.1, -0.05) is 188 Å². The summed E-state index contributed by atoms with van der Waals surface area (Å²) in [6, 6.07) is 88.3. The van der Waals surface area contributed by atoms with Gasteiger partial charge in [0.15, 0.2) is 11.6 Å². The molecule has 0 N–H and O–H groups in total. The summed E-state index contributed by atoms with van der Waals surface area (Å²) in [4.78, 5) is 16.1. The van der Waals surface area contributed by atoms with Crippen molar-refractivity contribution >= 4 is 76.3 Å². The first kappa shape index (κ1) is 40.9. The van der Waals surface area contributed by atoms with Crippen LogP contribution in [0.1, 0.15) is 0 Å². The van der Waals surface area contributed by atoms with Crippen LogP contribution >= 0.6 is 0 Å². The van der Waals surface area contributed by atoms with Crippen LogP contribution in [0.25, 0.3) is 144 Å². The highest BCUT2D eigenvalue weighted by molar-refractivity contribution is 6.33. The lowest BCUT2D eigenvalue weighted by Gasteiger charge is -2.14. The molecule has 0 aliphatic heterocycles. The minimum atomic E-state index is 0.527. The second-order valence-electron chi connectivity index (χ2n) is 18.8. The number of fused-ring (bicyclic) bond motifs is 12. The molecule has 0 saturated carbocycles. The van der Waals surface area contributed by atoms with Crippen LogP contribution in [0, 0.1) is 0 Å². The molecule has 11 aromatic carbocycles. The SMILES string of the molecule is c1ccc(-c2ccc(-c3nc(-c4ccc5c(c4)oc4ccccc45)nc(-n4c5ccccc5c5c6c7c8ccccc8ccc7n(-c7cc(-c8ccccc8)cc(-c8ccccc8)c7)c6ccc54)n3)cc2)cc1. The molecular weight excluding hydrogens is 891 g/mol. The van der Waals surface area contributed by atoms with E-state index in [4.69, 9.17) is 19.4 Å². The summed E-state index contributed by atoms with van der Waals surface area (Å²) in [5.74, 6) is 1.65. The molecule has 73 heavy (non-hydrogen) atoms. The Morgan fingerprint density at radius 3 is 1.48 bits per heavy atom. The number of hydrogen-bond acceptors (Lipinski definition) is 4. The predicted molar refractivity (Wildman–Crippen MR) is 300 cm³/mol. The molecule has 0 spiro atoms. The van der Waals surface area contributed by atoms with Gasteiger partial charge in [-0.2, -0.15) is 9.97 Å². The molecule has 0 saturated heterocycles. The van der Waals surface area contributed by atoms with E-state index in [2.05, 4.69) is 234 Å². The van der Waals surface area contributed by atoms with E-state index in [-0.39, 0.29) is 0 Å². The molecule has 6 nitrogen and oxygen atoms in total. The Bertz CT molecular complexity index is 4590. The zero-order valence-corrected chi connectivity index (χ0v) is 39.3. The number of rotatable bonds is 7. The fourth-order valence-electron chi connectivity index (χ4n) is 11.2. The van der Waals surface area contributed by atoms with E-state index in [9.17, 15) is 0 Å². The molecule has 0 aliphatic rings. The van der Waals surface area contributed by atoms with Crippen molar-refractivity contribution in [2.45, 2.75) is 0 Å². The van der Waals surface area contributed by atoms with E-state index in [1.165, 1.54) is 32.7 Å². The fourth-order valence-corrected chi connectivity index (χ4v) is 11.2. The Hall–Kier alpha value is -9.91. The van der Waals surface area contributed by atoms with Gasteiger partial charge in [0.2, 0.25) is 5.95 Å². The number of benzene rings is 11. The first-order chi connectivity index (χ1) is 36.2. The quantitative estimate of drug-likeness (QED) is 0.160. The van der Waals surface area contributed by atoms with Crippen LogP contribution in [0.15, 0.2) is 253 Å². The van der Waals surface area contributed by atoms with Gasteiger partial charge < -0.3 is 8.98 Å². The molecule has 6 heteroatoms. The van der Waals surface area contributed by atoms with E-state index in [1.807, 2.05) is 24.3 Å². The van der Waals surface area contributed by atoms with Gasteiger partial charge in [-0.15, -0.1) is 0 Å². The van der Waals surface area contributed by atoms with E-state index in [0.29, 0.717) is 17.6 Å². The molecule has 15 rings (SSSR count). The maximum absolute atomic E-state index is 6.42. The molecule has 0 atom stereocenters. The Kier molecular flexibility index (Phi) is 9.16. The van der Waals surface area contributed by atoms with E-state index < -0.39 is 0 Å². The lowest BCUT2D eigenvalue weighted by molar-refractivity contribution is 0.669. The number of furan rings is 1. The van der Waals surface area contributed by atoms with Crippen LogP contribution < -0.4 is 0 Å². The second-order valence-corrected chi connectivity index (χ2v) is 18.8. The molecule has 4 heterocycles. The zero-order valence-electron chi connectivity index (χ0n) is 39.3. The van der Waals surface area contributed by atoms with Gasteiger partial charge >= 0.3 is 0 Å². The smallest absolute Gasteiger partial charge is 0.238 e. The molecule has 0 fully saturated rings.